The van der Waals surface area contributed by atoms with Gasteiger partial charge in [0.15, 0.2) is 11.9 Å². The first-order valence-electron chi connectivity index (χ1n) is 12.3. The number of rotatable bonds is 11. The summed E-state index contributed by atoms with van der Waals surface area (Å²) in [5, 5.41) is 13.1. The highest BCUT2D eigenvalue weighted by molar-refractivity contribution is 7.52. The first kappa shape index (κ1) is 29.4. The zero-order valence-electron chi connectivity index (χ0n) is 21.6. The van der Waals surface area contributed by atoms with Gasteiger partial charge < -0.3 is 19.1 Å². The molecule has 1 aliphatic rings. The average Bonchev–Trinajstić information content (AvgIpc) is 3.15. The molecule has 1 aliphatic heterocycles. The average molecular weight is 578 g/mol. The zero-order valence-corrected chi connectivity index (χ0v) is 22.5. The number of carbonyl (C=O) groups excluding carboxylic acids is 1. The molecule has 14 heteroatoms. The Morgan fingerprint density at radius 3 is 2.48 bits per heavy atom. The zero-order chi connectivity index (χ0) is 28.9. The van der Waals surface area contributed by atoms with E-state index in [9.17, 15) is 24.1 Å². The van der Waals surface area contributed by atoms with Gasteiger partial charge in [0.2, 0.25) is 0 Å². The van der Waals surface area contributed by atoms with Gasteiger partial charge in [-0.1, -0.05) is 48.5 Å². The van der Waals surface area contributed by atoms with Crippen LogP contribution in [-0.4, -0.2) is 51.2 Å². The fourth-order valence-electron chi connectivity index (χ4n) is 3.99. The molecule has 3 N–H and O–H groups in total. The molecule has 214 valence electrons. The van der Waals surface area contributed by atoms with Crippen molar-refractivity contribution in [3.63, 3.8) is 0 Å². The molecule has 4 rings (SSSR count). The maximum atomic E-state index is 15.5. The summed E-state index contributed by atoms with van der Waals surface area (Å²) in [7, 11) is -4.36. The molecule has 12 nitrogen and oxygen atoms in total. The van der Waals surface area contributed by atoms with E-state index in [-0.39, 0.29) is 12.4 Å². The second-order valence-corrected chi connectivity index (χ2v) is 11.0. The molecule has 0 amide bonds. The third-order valence-corrected chi connectivity index (χ3v) is 7.77. The highest BCUT2D eigenvalue weighted by atomic mass is 31.2. The SMILES string of the molecule is C[C@H](NP(=O)(OC[C@H]1O[C@@H](n2ccc(=O)[nH]c2=O)[C@](C)(F)[C@@H]1O)Oc1ccccc1)C(=O)OCc1ccccc1. The number of nitrogens with one attached hydrogen (secondary N) is 2. The molecule has 1 unspecified atom stereocenters. The minimum absolute atomic E-state index is 0.0148. The van der Waals surface area contributed by atoms with Gasteiger partial charge in [0.05, 0.1) is 6.61 Å². The first-order chi connectivity index (χ1) is 19.0. The minimum Gasteiger partial charge on any atom is -0.460 e. The smallest absolute Gasteiger partial charge is 0.459 e. The number of esters is 1. The molecule has 6 atom stereocenters. The highest BCUT2D eigenvalue weighted by Gasteiger charge is 2.55. The highest BCUT2D eigenvalue weighted by Crippen LogP contribution is 2.47. The lowest BCUT2D eigenvalue weighted by Gasteiger charge is -2.25. The number of carbonyl (C=O) groups is 1. The van der Waals surface area contributed by atoms with Crippen LogP contribution in [0.1, 0.15) is 25.6 Å². The van der Waals surface area contributed by atoms with Crippen molar-refractivity contribution in [2.45, 2.75) is 50.6 Å². The molecule has 0 aliphatic carbocycles. The number of aliphatic hydroxyl groups excluding tert-OH is 1. The van der Waals surface area contributed by atoms with E-state index in [0.29, 0.717) is 0 Å². The van der Waals surface area contributed by atoms with Crippen molar-refractivity contribution in [2.24, 2.45) is 0 Å². The van der Waals surface area contributed by atoms with E-state index in [2.05, 4.69) is 5.09 Å². The van der Waals surface area contributed by atoms with E-state index in [0.717, 1.165) is 29.3 Å². The van der Waals surface area contributed by atoms with Gasteiger partial charge in [0.1, 0.15) is 30.6 Å². The lowest BCUT2D eigenvalue weighted by atomic mass is 9.98. The summed E-state index contributed by atoms with van der Waals surface area (Å²) in [4.78, 5) is 38.2. The number of H-pyrrole nitrogens is 1. The topological polar surface area (TPSA) is 158 Å². The van der Waals surface area contributed by atoms with Crippen LogP contribution in [0.15, 0.2) is 82.5 Å². The summed E-state index contributed by atoms with van der Waals surface area (Å²) >= 11 is 0. The Labute approximate surface area is 228 Å². The monoisotopic (exact) mass is 577 g/mol. The van der Waals surface area contributed by atoms with E-state index >= 15 is 4.39 Å². The van der Waals surface area contributed by atoms with Crippen molar-refractivity contribution in [3.05, 3.63) is 99.3 Å². The van der Waals surface area contributed by atoms with E-state index in [4.69, 9.17) is 18.5 Å². The predicted octanol–water partition coefficient (Wildman–Crippen LogP) is 2.45. The fraction of sp³-hybridized carbons (Fsp3) is 0.346. The number of aromatic nitrogens is 2. The molecule has 3 aromatic rings. The Kier molecular flexibility index (Phi) is 9.02. The summed E-state index contributed by atoms with van der Waals surface area (Å²) < 4.78 is 52.0. The predicted molar refractivity (Wildman–Crippen MR) is 140 cm³/mol. The normalized spacial score (nSPS) is 24.6. The van der Waals surface area contributed by atoms with E-state index < -0.39 is 61.7 Å². The molecule has 0 bridgehead atoms. The van der Waals surface area contributed by atoms with Crippen LogP contribution in [0, 0.1) is 0 Å². The summed E-state index contributed by atoms with van der Waals surface area (Å²) in [6.45, 7) is 1.75. The molecule has 0 spiro atoms. The minimum atomic E-state index is -4.36. The Bertz CT molecular complexity index is 1470. The molecule has 1 fully saturated rings. The van der Waals surface area contributed by atoms with E-state index in [1.807, 2.05) is 11.1 Å². The van der Waals surface area contributed by atoms with Crippen LogP contribution < -0.4 is 20.9 Å². The number of alkyl halides is 1. The van der Waals surface area contributed by atoms with Crippen LogP contribution >= 0.6 is 7.75 Å². The van der Waals surface area contributed by atoms with Crippen molar-refractivity contribution in [3.8, 4) is 5.75 Å². The van der Waals surface area contributed by atoms with Crippen LogP contribution in [0.4, 0.5) is 4.39 Å². The molecule has 0 saturated carbocycles. The Morgan fingerprint density at radius 2 is 1.82 bits per heavy atom. The maximum absolute atomic E-state index is 15.5. The van der Waals surface area contributed by atoms with E-state index in [1.165, 1.54) is 19.1 Å². The number of halogens is 1. The van der Waals surface area contributed by atoms with Gasteiger partial charge in [-0.05, 0) is 31.5 Å². The van der Waals surface area contributed by atoms with Gasteiger partial charge in [-0.3, -0.25) is 23.7 Å². The summed E-state index contributed by atoms with van der Waals surface area (Å²) in [5.41, 5.74) is -3.39. The Balaban J connectivity index is 1.48. The maximum Gasteiger partial charge on any atom is 0.459 e. The molecule has 2 aromatic carbocycles. The van der Waals surface area contributed by atoms with Crippen LogP contribution in [0.2, 0.25) is 0 Å². The molecule has 40 heavy (non-hydrogen) atoms. The number of para-hydroxylation sites is 1. The molecule has 2 heterocycles. The van der Waals surface area contributed by atoms with Crippen LogP contribution in [0.5, 0.6) is 5.75 Å². The molecule has 1 saturated heterocycles. The number of hydrogen-bond donors (Lipinski definition) is 3. The van der Waals surface area contributed by atoms with Crippen LogP contribution in [0.3, 0.4) is 0 Å². The number of benzene rings is 2. The van der Waals surface area contributed by atoms with Gasteiger partial charge >= 0.3 is 19.4 Å². The van der Waals surface area contributed by atoms with Crippen molar-refractivity contribution in [1.29, 1.82) is 0 Å². The molecular formula is C26H29FN3O9P. The second-order valence-electron chi connectivity index (χ2n) is 9.28. The Hall–Kier alpha value is -3.61. The first-order valence-corrected chi connectivity index (χ1v) is 13.8. The van der Waals surface area contributed by atoms with Gasteiger partial charge in [0, 0.05) is 12.3 Å². The number of nitrogens with zero attached hydrogens (tertiary/aromatic N) is 1. The van der Waals surface area contributed by atoms with Crippen molar-refractivity contribution >= 4 is 13.7 Å². The number of ether oxygens (including phenoxy) is 2. The van der Waals surface area contributed by atoms with Gasteiger partial charge in [-0.25, -0.2) is 13.8 Å². The number of hydrogen-bond acceptors (Lipinski definition) is 9. The molecule has 0 radical (unpaired) electrons. The summed E-state index contributed by atoms with van der Waals surface area (Å²) in [6, 6.07) is 16.8. The quantitative estimate of drug-likeness (QED) is 0.228. The van der Waals surface area contributed by atoms with Gasteiger partial charge in [-0.15, -0.1) is 0 Å². The van der Waals surface area contributed by atoms with E-state index in [1.54, 1.807) is 42.5 Å². The third kappa shape index (κ3) is 6.93. The summed E-state index contributed by atoms with van der Waals surface area (Å²) in [5.74, 6) is -0.598. The number of aliphatic hydroxyl groups is 1. The van der Waals surface area contributed by atoms with Gasteiger partial charge in [-0.2, -0.15) is 5.09 Å². The van der Waals surface area contributed by atoms with Crippen LogP contribution in [-0.2, 0) is 30.0 Å². The lowest BCUT2D eigenvalue weighted by Crippen LogP contribution is -2.43. The number of aromatic amines is 1. The standard InChI is InChI=1S/C26H29FN3O9P/c1-17(23(33)36-15-18-9-5-3-6-10-18)29-40(35,39-19-11-7-4-8-12-19)37-16-20-22(32)26(2,27)24(38-20)30-14-13-21(31)28-25(30)34/h3-14,17,20,22,24,32H,15-16H2,1-2H3,(H,29,35)(H,28,31,34)/t17-,20+,22+,24+,26+,40?/m0/s1. The third-order valence-electron chi connectivity index (χ3n) is 6.13. The summed E-state index contributed by atoms with van der Waals surface area (Å²) in [6.07, 6.45) is -3.83. The van der Waals surface area contributed by atoms with Crippen molar-refractivity contribution in [1.82, 2.24) is 14.6 Å². The Morgan fingerprint density at radius 1 is 1.18 bits per heavy atom. The molecule has 1 aromatic heterocycles. The second kappa shape index (κ2) is 12.3. The van der Waals surface area contributed by atoms with Crippen molar-refractivity contribution in [2.75, 3.05) is 6.61 Å². The molecular weight excluding hydrogens is 548 g/mol. The van der Waals surface area contributed by atoms with Gasteiger partial charge in [0.25, 0.3) is 5.56 Å². The van der Waals surface area contributed by atoms with Crippen molar-refractivity contribution < 1.29 is 37.4 Å². The fourth-order valence-corrected chi connectivity index (χ4v) is 5.49. The largest absolute Gasteiger partial charge is 0.460 e. The lowest BCUT2D eigenvalue weighted by molar-refractivity contribution is -0.146. The van der Waals surface area contributed by atoms with Crippen LogP contribution in [0.25, 0.3) is 0 Å².